The zero-order chi connectivity index (χ0) is 38.4. The second-order valence-corrected chi connectivity index (χ2v) is 16.6. The van der Waals surface area contributed by atoms with Crippen molar-refractivity contribution in [3.63, 3.8) is 0 Å². The van der Waals surface area contributed by atoms with Crippen LogP contribution in [0.2, 0.25) is 0 Å². The van der Waals surface area contributed by atoms with Crippen molar-refractivity contribution in [1.29, 1.82) is 0 Å². The predicted molar refractivity (Wildman–Crippen MR) is 179 cm³/mol. The summed E-state index contributed by atoms with van der Waals surface area (Å²) in [5.74, 6) is -7.46. The standard InChI is InChI=1S/C40H40O14/c1-16-8-9-50-27(41)6-7-28(42)51-14-20-22-13-25-37(3,23-12-24(23)39(25,48)15-52-32(16)43)26-11-19-18-10-21(18)38(4,36(47)49-5)30(19)31(40(22,26)54-34(20)45)29-17(2)33(44)53-35(29)46/h8,11,18,21,23-26,48H,6-7,9-10,12-15H2,1-5H3/t18-,21-,23-,24+,25-,26+,37+,38+,39+,40+/m1/s1. The molecule has 9 rings (SSSR count). The first-order valence-electron chi connectivity index (χ1n) is 18.4. The molecule has 0 aromatic heterocycles. The Morgan fingerprint density at radius 3 is 2.28 bits per heavy atom. The molecule has 3 heterocycles. The van der Waals surface area contributed by atoms with Gasteiger partial charge in [0.1, 0.15) is 25.4 Å². The molecule has 3 aliphatic heterocycles. The summed E-state index contributed by atoms with van der Waals surface area (Å²) in [5, 5.41) is 12.7. The monoisotopic (exact) mass is 744 g/mol. The van der Waals surface area contributed by atoms with Gasteiger partial charge in [0, 0.05) is 28.6 Å². The van der Waals surface area contributed by atoms with Gasteiger partial charge in [-0.1, -0.05) is 13.0 Å². The molecule has 0 amide bonds. The number of carbonyl (C=O) groups is 7. The van der Waals surface area contributed by atoms with Gasteiger partial charge in [0.15, 0.2) is 5.60 Å². The third-order valence-electron chi connectivity index (χ3n) is 14.4. The molecule has 5 fully saturated rings. The number of aliphatic hydroxyl groups is 1. The Kier molecular flexibility index (Phi) is 7.18. The predicted octanol–water partition coefficient (Wildman–Crippen LogP) is 2.44. The summed E-state index contributed by atoms with van der Waals surface area (Å²) < 4.78 is 33.7. The first kappa shape index (κ1) is 34.9. The van der Waals surface area contributed by atoms with E-state index in [1.165, 1.54) is 27.0 Å². The van der Waals surface area contributed by atoms with Gasteiger partial charge in [-0.25, -0.2) is 19.2 Å². The van der Waals surface area contributed by atoms with Gasteiger partial charge in [0.25, 0.3) is 0 Å². The van der Waals surface area contributed by atoms with Crippen LogP contribution in [0.5, 0.6) is 0 Å². The lowest BCUT2D eigenvalue weighted by atomic mass is 9.47. The Hall–Kier alpha value is -4.85. The third kappa shape index (κ3) is 4.23. The quantitative estimate of drug-likeness (QED) is 0.246. The van der Waals surface area contributed by atoms with Crippen molar-refractivity contribution in [2.24, 2.45) is 46.3 Å². The van der Waals surface area contributed by atoms with Gasteiger partial charge >= 0.3 is 41.8 Å². The van der Waals surface area contributed by atoms with Gasteiger partial charge in [-0.2, -0.15) is 0 Å². The Morgan fingerprint density at radius 1 is 0.870 bits per heavy atom. The van der Waals surface area contributed by atoms with Crippen molar-refractivity contribution in [2.45, 2.75) is 71.0 Å². The van der Waals surface area contributed by atoms with E-state index in [-0.39, 0.29) is 84.0 Å². The lowest BCUT2D eigenvalue weighted by molar-refractivity contribution is -0.170. The van der Waals surface area contributed by atoms with Crippen molar-refractivity contribution in [3.8, 4) is 0 Å². The molecule has 14 heteroatoms. The van der Waals surface area contributed by atoms with Crippen LogP contribution in [-0.2, 0) is 62.0 Å². The third-order valence-corrected chi connectivity index (χ3v) is 14.4. The van der Waals surface area contributed by atoms with Crippen molar-refractivity contribution in [1.82, 2.24) is 0 Å². The molecule has 9 aliphatic rings. The number of allylic oxidation sites excluding steroid dienone is 1. The molecule has 10 atom stereocenters. The highest BCUT2D eigenvalue weighted by atomic mass is 16.6. The SMILES string of the molecule is COC(=O)[C@]1(C)C2=C(C3=C(C)C(=O)OC3=O)[C@]34OC(=O)C5=C3C[C@H]3[C@](O)(COC(=O)C(C)=CCOC(=O)CCC(=O)OC5)[C@H]5C[C@H]5[C@]3(C)[C@@H]4C=C2[C@H]2C[C@H]21. The van der Waals surface area contributed by atoms with E-state index in [1.807, 2.05) is 13.0 Å². The van der Waals surface area contributed by atoms with E-state index >= 15 is 0 Å². The topological polar surface area (TPSA) is 195 Å². The number of carbonyl (C=O) groups excluding carboxylic acids is 7. The van der Waals surface area contributed by atoms with Gasteiger partial charge in [-0.05, 0) is 91.9 Å². The zero-order valence-corrected chi connectivity index (χ0v) is 30.5. The molecule has 14 nitrogen and oxygen atoms in total. The molecule has 1 N–H and O–H groups in total. The van der Waals surface area contributed by atoms with Gasteiger partial charge < -0.3 is 33.5 Å². The van der Waals surface area contributed by atoms with E-state index in [0.717, 1.165) is 5.57 Å². The lowest BCUT2D eigenvalue weighted by Crippen LogP contribution is -2.61. The van der Waals surface area contributed by atoms with Crippen molar-refractivity contribution in [2.75, 3.05) is 26.9 Å². The zero-order valence-electron chi connectivity index (χ0n) is 30.5. The Balaban J connectivity index is 1.29. The van der Waals surface area contributed by atoms with Crippen LogP contribution in [0.15, 0.2) is 56.7 Å². The van der Waals surface area contributed by atoms with Crippen molar-refractivity contribution >= 4 is 41.8 Å². The van der Waals surface area contributed by atoms with E-state index in [4.69, 9.17) is 28.4 Å². The maximum Gasteiger partial charge on any atom is 0.347 e. The van der Waals surface area contributed by atoms with E-state index in [0.29, 0.717) is 24.0 Å². The van der Waals surface area contributed by atoms with Crippen molar-refractivity contribution in [3.05, 3.63) is 56.7 Å². The van der Waals surface area contributed by atoms with Crippen LogP contribution in [-0.4, -0.2) is 85.0 Å². The van der Waals surface area contributed by atoms with Crippen LogP contribution in [0.1, 0.15) is 59.8 Å². The molecule has 0 aromatic rings. The molecule has 0 saturated heterocycles. The Morgan fingerprint density at radius 2 is 1.59 bits per heavy atom. The largest absolute Gasteiger partial charge is 0.468 e. The Labute approximate surface area is 309 Å². The molecule has 0 unspecified atom stereocenters. The maximum absolute atomic E-state index is 14.4. The fourth-order valence-electron chi connectivity index (χ4n) is 11.6. The summed E-state index contributed by atoms with van der Waals surface area (Å²) in [6.07, 6.45) is 4.01. The number of methoxy groups -OCH3 is 1. The number of fused-ring (bicyclic) bond motifs is 7. The van der Waals surface area contributed by atoms with E-state index in [2.05, 4.69) is 0 Å². The molecule has 284 valence electrons. The average molecular weight is 745 g/mol. The molecule has 54 heavy (non-hydrogen) atoms. The first-order chi connectivity index (χ1) is 25.5. The minimum atomic E-state index is -1.78. The van der Waals surface area contributed by atoms with Crippen LogP contribution in [0, 0.1) is 46.3 Å². The molecule has 1 spiro atoms. The maximum atomic E-state index is 14.4. The fraction of sp³-hybridized carbons (Fsp3) is 0.575. The first-order valence-corrected chi connectivity index (χ1v) is 18.4. The van der Waals surface area contributed by atoms with Gasteiger partial charge in [0.05, 0.1) is 36.5 Å². The molecule has 5 saturated carbocycles. The van der Waals surface area contributed by atoms with Crippen LogP contribution in [0.4, 0.5) is 0 Å². The average Bonchev–Trinajstić information content (AvgIpc) is 4.04. The lowest BCUT2D eigenvalue weighted by Gasteiger charge is -2.58. The van der Waals surface area contributed by atoms with Gasteiger partial charge in [-0.15, -0.1) is 0 Å². The van der Waals surface area contributed by atoms with Crippen LogP contribution < -0.4 is 0 Å². The van der Waals surface area contributed by atoms with E-state index in [1.54, 1.807) is 6.92 Å². The highest BCUT2D eigenvalue weighted by molar-refractivity contribution is 6.16. The van der Waals surface area contributed by atoms with Crippen LogP contribution in [0.3, 0.4) is 0 Å². The van der Waals surface area contributed by atoms with Crippen LogP contribution in [0.25, 0.3) is 0 Å². The summed E-state index contributed by atoms with van der Waals surface area (Å²) >= 11 is 0. The molecule has 0 radical (unpaired) electrons. The fourth-order valence-corrected chi connectivity index (χ4v) is 11.6. The minimum absolute atomic E-state index is 0.00485. The number of ether oxygens (including phenoxy) is 6. The van der Waals surface area contributed by atoms with Crippen LogP contribution >= 0.6 is 0 Å². The molecular weight excluding hydrogens is 704 g/mol. The number of hydrogen-bond acceptors (Lipinski definition) is 14. The highest BCUT2D eigenvalue weighted by Crippen LogP contribution is 2.81. The summed E-state index contributed by atoms with van der Waals surface area (Å²) in [5.41, 5.74) is -3.67. The Bertz CT molecular complexity index is 2100. The normalized spacial score (nSPS) is 42.3. The van der Waals surface area contributed by atoms with Gasteiger partial charge in [0.2, 0.25) is 0 Å². The summed E-state index contributed by atoms with van der Waals surface area (Å²) in [6, 6.07) is 0. The highest BCUT2D eigenvalue weighted by Gasteiger charge is 2.82. The number of cyclic esters (lactones) is 5. The molecule has 2 bridgehead atoms. The minimum Gasteiger partial charge on any atom is -0.468 e. The summed E-state index contributed by atoms with van der Waals surface area (Å²) in [7, 11) is 1.29. The van der Waals surface area contributed by atoms with Gasteiger partial charge in [-0.3, -0.25) is 14.4 Å². The second-order valence-electron chi connectivity index (χ2n) is 16.6. The summed E-state index contributed by atoms with van der Waals surface area (Å²) in [4.78, 5) is 93.8. The molecule has 0 aromatic carbocycles. The number of esters is 7. The van der Waals surface area contributed by atoms with Crippen molar-refractivity contribution < 1.29 is 67.1 Å². The summed E-state index contributed by atoms with van der Waals surface area (Å²) in [6.45, 7) is 5.60. The van der Waals surface area contributed by atoms with E-state index in [9.17, 15) is 38.7 Å². The number of hydrogen-bond donors (Lipinski definition) is 1. The molecule has 6 aliphatic carbocycles. The smallest absolute Gasteiger partial charge is 0.347 e. The number of rotatable bonds is 2. The molecular formula is C40H40O14. The van der Waals surface area contributed by atoms with E-state index < -0.39 is 82.3 Å². The second kappa shape index (κ2) is 11.1.